The van der Waals surface area contributed by atoms with E-state index in [9.17, 15) is 18.0 Å². The van der Waals surface area contributed by atoms with E-state index in [-0.39, 0.29) is 23.6 Å². The average Bonchev–Trinajstić information content (AvgIpc) is 3.09. The lowest BCUT2D eigenvalue weighted by Gasteiger charge is -2.17. The number of carboxylic acids is 1. The second-order valence-electron chi connectivity index (χ2n) is 6.31. The van der Waals surface area contributed by atoms with Crippen LogP contribution in [-0.4, -0.2) is 39.1 Å². The van der Waals surface area contributed by atoms with Gasteiger partial charge in [-0.3, -0.25) is 14.3 Å². The topological polar surface area (TPSA) is 113 Å². The summed E-state index contributed by atoms with van der Waals surface area (Å²) in [5, 5.41) is 8.73. The smallest absolute Gasteiger partial charge is 0.303 e. The minimum absolute atomic E-state index is 0.0894. The molecule has 9 heteroatoms. The molecular weight excluding hydrogens is 384 g/mol. The Labute approximate surface area is 162 Å². The number of carbonyl (C=O) groups excluding carboxylic acids is 1. The van der Waals surface area contributed by atoms with Crippen molar-refractivity contribution in [2.75, 3.05) is 23.3 Å². The molecule has 2 aromatic rings. The van der Waals surface area contributed by atoms with Gasteiger partial charge in [0.1, 0.15) is 5.75 Å². The summed E-state index contributed by atoms with van der Waals surface area (Å²) in [4.78, 5) is 24.5. The van der Waals surface area contributed by atoms with Crippen LogP contribution >= 0.6 is 0 Å². The van der Waals surface area contributed by atoms with Crippen molar-refractivity contribution in [3.05, 3.63) is 48.0 Å². The standard InChI is InChI=1S/C19H20N2O6S/c1-27-15-4-2-14(3-5-15)20-28(25,26)16-6-7-17-13(12-16)10-11-21(17)18(22)8-9-19(23)24/h2-7,12,20H,8-11H2,1H3,(H,23,24). The number of ether oxygens (including phenoxy) is 1. The average molecular weight is 404 g/mol. The number of fused-ring (bicyclic) bond motifs is 1. The molecule has 0 saturated heterocycles. The normalized spacial score (nSPS) is 13.1. The molecule has 8 nitrogen and oxygen atoms in total. The molecule has 0 fully saturated rings. The summed E-state index contributed by atoms with van der Waals surface area (Å²) in [7, 11) is -2.26. The number of amides is 1. The van der Waals surface area contributed by atoms with Crippen molar-refractivity contribution in [2.45, 2.75) is 24.2 Å². The van der Waals surface area contributed by atoms with Crippen molar-refractivity contribution in [1.82, 2.24) is 0 Å². The molecule has 1 aliphatic rings. The van der Waals surface area contributed by atoms with Crippen molar-refractivity contribution >= 4 is 33.3 Å². The fourth-order valence-corrected chi connectivity index (χ4v) is 4.14. The van der Waals surface area contributed by atoms with E-state index < -0.39 is 16.0 Å². The lowest BCUT2D eigenvalue weighted by Crippen LogP contribution is -2.29. The molecule has 1 aliphatic heterocycles. The first-order valence-corrected chi connectivity index (χ1v) is 10.1. The maximum absolute atomic E-state index is 12.7. The van der Waals surface area contributed by atoms with Crippen molar-refractivity contribution < 1.29 is 27.9 Å². The van der Waals surface area contributed by atoms with E-state index in [1.54, 1.807) is 36.4 Å². The quantitative estimate of drug-likeness (QED) is 0.732. The number of nitrogens with one attached hydrogen (secondary N) is 1. The fraction of sp³-hybridized carbons (Fsp3) is 0.263. The van der Waals surface area contributed by atoms with Crippen LogP contribution in [0.4, 0.5) is 11.4 Å². The number of sulfonamides is 1. The zero-order valence-corrected chi connectivity index (χ0v) is 16.0. The van der Waals surface area contributed by atoms with Crippen LogP contribution in [0.5, 0.6) is 5.75 Å². The minimum atomic E-state index is -3.79. The third-order valence-electron chi connectivity index (χ3n) is 4.45. The van der Waals surface area contributed by atoms with Gasteiger partial charge in [-0.05, 0) is 54.4 Å². The van der Waals surface area contributed by atoms with Gasteiger partial charge >= 0.3 is 5.97 Å². The van der Waals surface area contributed by atoms with Crippen molar-refractivity contribution in [1.29, 1.82) is 0 Å². The van der Waals surface area contributed by atoms with Gasteiger partial charge in [-0.1, -0.05) is 0 Å². The largest absolute Gasteiger partial charge is 0.497 e. The lowest BCUT2D eigenvalue weighted by atomic mass is 10.2. The van der Waals surface area contributed by atoms with E-state index in [0.717, 1.165) is 5.56 Å². The maximum Gasteiger partial charge on any atom is 0.303 e. The summed E-state index contributed by atoms with van der Waals surface area (Å²) in [6, 6.07) is 11.1. The highest BCUT2D eigenvalue weighted by atomic mass is 32.2. The van der Waals surface area contributed by atoms with Crippen LogP contribution < -0.4 is 14.4 Å². The van der Waals surface area contributed by atoms with Gasteiger partial charge in [-0.25, -0.2) is 8.42 Å². The highest BCUT2D eigenvalue weighted by Crippen LogP contribution is 2.31. The molecule has 2 N–H and O–H groups in total. The van der Waals surface area contributed by atoms with Gasteiger partial charge in [-0.15, -0.1) is 0 Å². The molecule has 0 bridgehead atoms. The van der Waals surface area contributed by atoms with Crippen LogP contribution in [0.15, 0.2) is 47.4 Å². The van der Waals surface area contributed by atoms with Gasteiger partial charge in [0, 0.05) is 24.3 Å². The Kier molecular flexibility index (Phi) is 5.55. The van der Waals surface area contributed by atoms with E-state index in [1.807, 2.05) is 0 Å². The Bertz CT molecular complexity index is 1000. The summed E-state index contributed by atoms with van der Waals surface area (Å²) < 4.78 is 32.9. The molecule has 148 valence electrons. The second-order valence-corrected chi connectivity index (χ2v) is 8.00. The molecule has 0 spiro atoms. The number of benzene rings is 2. The van der Waals surface area contributed by atoms with Gasteiger partial charge in [0.15, 0.2) is 0 Å². The predicted octanol–water partition coefficient (Wildman–Crippen LogP) is 2.25. The second kappa shape index (κ2) is 7.89. The number of hydrogen-bond acceptors (Lipinski definition) is 5. The predicted molar refractivity (Wildman–Crippen MR) is 103 cm³/mol. The van der Waals surface area contributed by atoms with Crippen molar-refractivity contribution in [3.8, 4) is 5.75 Å². The third kappa shape index (κ3) is 4.25. The Balaban J connectivity index is 1.77. The summed E-state index contributed by atoms with van der Waals surface area (Å²) in [5.74, 6) is -0.694. The van der Waals surface area contributed by atoms with Gasteiger partial charge < -0.3 is 14.7 Å². The number of hydrogen-bond donors (Lipinski definition) is 2. The van der Waals surface area contributed by atoms with E-state index >= 15 is 0 Å². The molecule has 2 aromatic carbocycles. The zero-order valence-electron chi connectivity index (χ0n) is 15.2. The molecule has 1 amide bonds. The van der Waals surface area contributed by atoms with Crippen LogP contribution in [0.1, 0.15) is 18.4 Å². The monoisotopic (exact) mass is 404 g/mol. The summed E-state index contributed by atoms with van der Waals surface area (Å²) in [6.07, 6.45) is 0.191. The Morgan fingerprint density at radius 1 is 1.14 bits per heavy atom. The minimum Gasteiger partial charge on any atom is -0.497 e. The third-order valence-corrected chi connectivity index (χ3v) is 5.83. The molecule has 0 radical (unpaired) electrons. The zero-order chi connectivity index (χ0) is 20.3. The van der Waals surface area contributed by atoms with Gasteiger partial charge in [0.2, 0.25) is 5.91 Å². The highest BCUT2D eigenvalue weighted by Gasteiger charge is 2.26. The Morgan fingerprint density at radius 3 is 2.50 bits per heavy atom. The number of methoxy groups -OCH3 is 1. The van der Waals surface area contributed by atoms with Crippen LogP contribution in [0.2, 0.25) is 0 Å². The van der Waals surface area contributed by atoms with Crippen LogP contribution in [0, 0.1) is 0 Å². The van der Waals surface area contributed by atoms with E-state index in [2.05, 4.69) is 4.72 Å². The van der Waals surface area contributed by atoms with Crippen molar-refractivity contribution in [3.63, 3.8) is 0 Å². The fourth-order valence-electron chi connectivity index (χ4n) is 3.03. The van der Waals surface area contributed by atoms with Crippen LogP contribution in [-0.2, 0) is 26.0 Å². The van der Waals surface area contributed by atoms with E-state index in [1.165, 1.54) is 18.1 Å². The Morgan fingerprint density at radius 2 is 1.86 bits per heavy atom. The van der Waals surface area contributed by atoms with Gasteiger partial charge in [-0.2, -0.15) is 0 Å². The summed E-state index contributed by atoms with van der Waals surface area (Å²) >= 11 is 0. The first-order valence-electron chi connectivity index (χ1n) is 8.62. The highest BCUT2D eigenvalue weighted by molar-refractivity contribution is 7.92. The first-order chi connectivity index (χ1) is 13.3. The number of carbonyl (C=O) groups is 2. The molecule has 0 aromatic heterocycles. The number of nitrogens with zero attached hydrogens (tertiary/aromatic N) is 1. The molecule has 3 rings (SSSR count). The van der Waals surface area contributed by atoms with E-state index in [0.29, 0.717) is 30.1 Å². The molecular formula is C19H20N2O6S. The summed E-state index contributed by atoms with van der Waals surface area (Å²) in [6.45, 7) is 0.406. The molecule has 0 unspecified atom stereocenters. The summed E-state index contributed by atoms with van der Waals surface area (Å²) in [5.41, 5.74) is 1.77. The molecule has 28 heavy (non-hydrogen) atoms. The lowest BCUT2D eigenvalue weighted by molar-refractivity contribution is -0.138. The number of rotatable bonds is 7. The molecule has 0 saturated carbocycles. The van der Waals surface area contributed by atoms with Crippen LogP contribution in [0.3, 0.4) is 0 Å². The van der Waals surface area contributed by atoms with Crippen LogP contribution in [0.25, 0.3) is 0 Å². The Hall–Kier alpha value is -3.07. The molecule has 0 atom stereocenters. The maximum atomic E-state index is 12.7. The number of aliphatic carboxylic acids is 1. The number of anilines is 2. The van der Waals surface area contributed by atoms with Gasteiger partial charge in [0.05, 0.1) is 18.4 Å². The van der Waals surface area contributed by atoms with Gasteiger partial charge in [0.25, 0.3) is 10.0 Å². The van der Waals surface area contributed by atoms with E-state index in [4.69, 9.17) is 9.84 Å². The number of carboxylic acid groups (broad SMARTS) is 1. The van der Waals surface area contributed by atoms with Crippen molar-refractivity contribution in [2.24, 2.45) is 0 Å². The SMILES string of the molecule is COc1ccc(NS(=O)(=O)c2ccc3c(c2)CCN3C(=O)CCC(=O)O)cc1. The molecule has 1 heterocycles. The molecule has 0 aliphatic carbocycles. The first kappa shape index (κ1) is 19.7.